The van der Waals surface area contributed by atoms with E-state index in [9.17, 15) is 40.3 Å². The standard InChI is InChI=1S/C27H20BrF8N3O2/c1-25(30,27(34,35)36)16-11-18(26(31,32)33)22(19(28)12-16)38-23(40)17-3-2-4-20(21(17)29)39(13-14-5-6-14)24(41)15-7-9-37-10-8-15/h2-4,7-12,14H,5-6,13H2,1H3,(H,38,40). The first-order chi connectivity index (χ1) is 19.0. The summed E-state index contributed by atoms with van der Waals surface area (Å²) in [6, 6.07) is 6.65. The van der Waals surface area contributed by atoms with Crippen LogP contribution in [-0.4, -0.2) is 29.5 Å². The van der Waals surface area contributed by atoms with Crippen molar-refractivity contribution in [2.24, 2.45) is 5.92 Å². The second-order valence-corrected chi connectivity index (χ2v) is 10.4. The number of carbonyl (C=O) groups excluding carboxylic acids is 2. The van der Waals surface area contributed by atoms with Gasteiger partial charge in [-0.15, -0.1) is 0 Å². The van der Waals surface area contributed by atoms with E-state index in [1.807, 2.05) is 5.32 Å². The van der Waals surface area contributed by atoms with E-state index in [-0.39, 0.29) is 36.7 Å². The van der Waals surface area contributed by atoms with Crippen LogP contribution < -0.4 is 10.2 Å². The van der Waals surface area contributed by atoms with Crippen LogP contribution in [0.1, 0.15) is 51.6 Å². The summed E-state index contributed by atoms with van der Waals surface area (Å²) in [6.45, 7) is 0.185. The summed E-state index contributed by atoms with van der Waals surface area (Å²) in [5, 5.41) is 1.88. The molecule has 1 saturated carbocycles. The summed E-state index contributed by atoms with van der Waals surface area (Å²) in [5.74, 6) is -3.10. The van der Waals surface area contributed by atoms with Gasteiger partial charge in [0.1, 0.15) is 0 Å². The number of halogens is 9. The number of carbonyl (C=O) groups is 2. The van der Waals surface area contributed by atoms with Crippen molar-refractivity contribution in [3.05, 3.63) is 87.4 Å². The molecule has 1 heterocycles. The van der Waals surface area contributed by atoms with E-state index in [2.05, 4.69) is 20.9 Å². The third kappa shape index (κ3) is 6.36. The van der Waals surface area contributed by atoms with Crippen LogP contribution >= 0.6 is 15.9 Å². The Morgan fingerprint density at radius 1 is 1.02 bits per heavy atom. The van der Waals surface area contributed by atoms with Crippen molar-refractivity contribution >= 4 is 39.1 Å². The molecule has 1 N–H and O–H groups in total. The molecule has 0 aliphatic heterocycles. The number of nitrogens with zero attached hydrogens (tertiary/aromatic N) is 2. The molecule has 0 radical (unpaired) electrons. The van der Waals surface area contributed by atoms with Crippen molar-refractivity contribution in [1.82, 2.24) is 4.98 Å². The number of benzene rings is 2. The minimum absolute atomic E-state index is 0.0641. The van der Waals surface area contributed by atoms with Crippen molar-refractivity contribution < 1.29 is 44.7 Å². The highest BCUT2D eigenvalue weighted by molar-refractivity contribution is 9.10. The number of amides is 2. The number of alkyl halides is 7. The second kappa shape index (κ2) is 11.0. The van der Waals surface area contributed by atoms with Gasteiger partial charge in [0.2, 0.25) is 5.67 Å². The predicted octanol–water partition coefficient (Wildman–Crippen LogP) is 8.06. The Bertz CT molecular complexity index is 1470. The number of hydrogen-bond donors (Lipinski definition) is 1. The topological polar surface area (TPSA) is 62.3 Å². The average molecular weight is 650 g/mol. The molecule has 0 saturated heterocycles. The largest absolute Gasteiger partial charge is 0.426 e. The van der Waals surface area contributed by atoms with Crippen molar-refractivity contribution in [2.45, 2.75) is 37.8 Å². The molecule has 2 aromatic carbocycles. The minimum Gasteiger partial charge on any atom is -0.320 e. The molecule has 1 aromatic heterocycles. The number of rotatable bonds is 7. The maximum atomic E-state index is 15.7. The number of anilines is 2. The number of nitrogens with one attached hydrogen (secondary N) is 1. The summed E-state index contributed by atoms with van der Waals surface area (Å²) < 4.78 is 111. The van der Waals surface area contributed by atoms with Gasteiger partial charge < -0.3 is 10.2 Å². The van der Waals surface area contributed by atoms with Gasteiger partial charge in [-0.1, -0.05) is 6.07 Å². The molecule has 1 fully saturated rings. The molecule has 1 aliphatic rings. The summed E-state index contributed by atoms with van der Waals surface area (Å²) in [6.07, 6.45) is -6.56. The summed E-state index contributed by atoms with van der Waals surface area (Å²) in [7, 11) is 0. The molecular formula is C27H20BrF8N3O2. The predicted molar refractivity (Wildman–Crippen MR) is 137 cm³/mol. The van der Waals surface area contributed by atoms with Gasteiger partial charge in [-0.2, -0.15) is 26.3 Å². The maximum absolute atomic E-state index is 15.7. The normalized spacial score (nSPS) is 15.3. The SMILES string of the molecule is CC(F)(c1cc(Br)c(NC(=O)c2cccc(N(CC3CC3)C(=O)c3ccncc3)c2F)c(C(F)(F)F)c1)C(F)(F)F. The van der Waals surface area contributed by atoms with Crippen LogP contribution in [0, 0.1) is 11.7 Å². The van der Waals surface area contributed by atoms with E-state index in [0.29, 0.717) is 6.07 Å². The number of hydrogen-bond acceptors (Lipinski definition) is 3. The molecule has 0 bridgehead atoms. The van der Waals surface area contributed by atoms with Gasteiger partial charge in [0.15, 0.2) is 5.82 Å². The van der Waals surface area contributed by atoms with E-state index < -0.39 is 62.5 Å². The van der Waals surface area contributed by atoms with Gasteiger partial charge in [0, 0.05) is 29.0 Å². The quantitative estimate of drug-likeness (QED) is 0.263. The Morgan fingerprint density at radius 2 is 1.66 bits per heavy atom. The molecule has 5 nitrogen and oxygen atoms in total. The Labute approximate surface area is 236 Å². The zero-order valence-electron chi connectivity index (χ0n) is 21.0. The molecule has 3 aromatic rings. The first-order valence-electron chi connectivity index (χ1n) is 12.0. The molecule has 1 aliphatic carbocycles. The molecule has 1 unspecified atom stereocenters. The molecule has 41 heavy (non-hydrogen) atoms. The Morgan fingerprint density at radius 3 is 2.22 bits per heavy atom. The molecule has 4 rings (SSSR count). The molecular weight excluding hydrogens is 630 g/mol. The fourth-order valence-electron chi connectivity index (χ4n) is 3.98. The lowest BCUT2D eigenvalue weighted by Gasteiger charge is -2.26. The first kappa shape index (κ1) is 30.4. The van der Waals surface area contributed by atoms with Crippen LogP contribution in [0.2, 0.25) is 0 Å². The van der Waals surface area contributed by atoms with E-state index in [1.165, 1.54) is 36.7 Å². The van der Waals surface area contributed by atoms with Gasteiger partial charge in [-0.3, -0.25) is 14.6 Å². The zero-order chi connectivity index (χ0) is 30.3. The van der Waals surface area contributed by atoms with Crippen molar-refractivity contribution in [3.63, 3.8) is 0 Å². The monoisotopic (exact) mass is 649 g/mol. The lowest BCUT2D eigenvalue weighted by molar-refractivity contribution is -0.228. The molecule has 1 atom stereocenters. The van der Waals surface area contributed by atoms with Crippen molar-refractivity contribution in [1.29, 1.82) is 0 Å². The highest BCUT2D eigenvalue weighted by Gasteiger charge is 2.54. The van der Waals surface area contributed by atoms with Crippen molar-refractivity contribution in [2.75, 3.05) is 16.8 Å². The molecule has 218 valence electrons. The summed E-state index contributed by atoms with van der Waals surface area (Å²) in [5.41, 5.74) is -9.19. The lowest BCUT2D eigenvalue weighted by atomic mass is 9.94. The third-order valence-corrected chi connectivity index (χ3v) is 7.16. The van der Waals surface area contributed by atoms with Crippen molar-refractivity contribution in [3.8, 4) is 0 Å². The van der Waals surface area contributed by atoms with Crippen LogP contribution in [-0.2, 0) is 11.8 Å². The maximum Gasteiger partial charge on any atom is 0.426 e. The molecule has 0 spiro atoms. The second-order valence-electron chi connectivity index (χ2n) is 9.57. The smallest absolute Gasteiger partial charge is 0.320 e. The van der Waals surface area contributed by atoms with Gasteiger partial charge in [0.25, 0.3) is 11.8 Å². The lowest BCUT2D eigenvalue weighted by Crippen LogP contribution is -2.35. The summed E-state index contributed by atoms with van der Waals surface area (Å²) in [4.78, 5) is 31.2. The van der Waals surface area contributed by atoms with Crippen LogP contribution in [0.25, 0.3) is 0 Å². The average Bonchev–Trinajstić information content (AvgIpc) is 3.71. The Balaban J connectivity index is 1.73. The van der Waals surface area contributed by atoms with Crippen LogP contribution in [0.15, 0.2) is 59.3 Å². The van der Waals surface area contributed by atoms with E-state index >= 15 is 4.39 Å². The van der Waals surface area contributed by atoms with Gasteiger partial charge in [0.05, 0.1) is 22.5 Å². The van der Waals surface area contributed by atoms with E-state index in [0.717, 1.165) is 23.8 Å². The number of aromatic nitrogens is 1. The van der Waals surface area contributed by atoms with Gasteiger partial charge >= 0.3 is 12.4 Å². The molecule has 14 heteroatoms. The van der Waals surface area contributed by atoms with Crippen LogP contribution in [0.5, 0.6) is 0 Å². The van der Waals surface area contributed by atoms with Gasteiger partial charge in [-0.05, 0) is 83.6 Å². The fourth-order valence-corrected chi connectivity index (χ4v) is 4.54. The fraction of sp³-hybridized carbons (Fsp3) is 0.296. The first-order valence-corrected chi connectivity index (χ1v) is 12.8. The van der Waals surface area contributed by atoms with Crippen LogP contribution in [0.4, 0.5) is 46.5 Å². The highest BCUT2D eigenvalue weighted by atomic mass is 79.9. The molecule has 2 amide bonds. The summed E-state index contributed by atoms with van der Waals surface area (Å²) >= 11 is 2.69. The Hall–Kier alpha value is -3.55. The third-order valence-electron chi connectivity index (χ3n) is 6.53. The van der Waals surface area contributed by atoms with Gasteiger partial charge in [-0.25, -0.2) is 8.78 Å². The number of pyridine rings is 1. The van der Waals surface area contributed by atoms with Crippen LogP contribution in [0.3, 0.4) is 0 Å². The zero-order valence-corrected chi connectivity index (χ0v) is 22.6. The van der Waals surface area contributed by atoms with E-state index in [4.69, 9.17) is 0 Å². The highest BCUT2D eigenvalue weighted by Crippen LogP contribution is 2.47. The van der Waals surface area contributed by atoms with E-state index in [1.54, 1.807) is 0 Å². The minimum atomic E-state index is -5.54. The Kier molecular flexibility index (Phi) is 8.18.